The van der Waals surface area contributed by atoms with Crippen molar-refractivity contribution < 1.29 is 9.47 Å². The molecule has 7 heteroatoms. The Morgan fingerprint density at radius 2 is 1.90 bits per heavy atom. The molecule has 0 radical (unpaired) electrons. The lowest BCUT2D eigenvalue weighted by atomic mass is 10.1. The van der Waals surface area contributed by atoms with Crippen LogP contribution in [0.15, 0.2) is 42.5 Å². The van der Waals surface area contributed by atoms with Crippen molar-refractivity contribution in [3.63, 3.8) is 0 Å². The van der Waals surface area contributed by atoms with Gasteiger partial charge in [0.05, 0.1) is 31.5 Å². The highest BCUT2D eigenvalue weighted by molar-refractivity contribution is 6.31. The maximum Gasteiger partial charge on any atom is 0.136 e. The number of nitrogens with one attached hydrogen (secondary N) is 1. The summed E-state index contributed by atoms with van der Waals surface area (Å²) in [6, 6.07) is 13.7. The Morgan fingerprint density at radius 1 is 1.10 bits per heavy atom. The van der Waals surface area contributed by atoms with Gasteiger partial charge in [0.25, 0.3) is 0 Å². The lowest BCUT2D eigenvalue weighted by molar-refractivity contribution is 0.122. The minimum atomic E-state index is 0.510. The number of fused-ring (bicyclic) bond motifs is 1. The van der Waals surface area contributed by atoms with Crippen LogP contribution in [0.5, 0.6) is 5.75 Å². The fraction of sp³-hybridized carbons (Fsp3) is 0.318. The van der Waals surface area contributed by atoms with Gasteiger partial charge in [0.15, 0.2) is 0 Å². The number of ether oxygens (including phenoxy) is 2. The third-order valence-corrected chi connectivity index (χ3v) is 5.80. The summed E-state index contributed by atoms with van der Waals surface area (Å²) in [4.78, 5) is 6.96. The number of methoxy groups -OCH3 is 1. The van der Waals surface area contributed by atoms with Gasteiger partial charge in [-0.1, -0.05) is 41.4 Å². The van der Waals surface area contributed by atoms with Gasteiger partial charge in [-0.2, -0.15) is 0 Å². The van der Waals surface area contributed by atoms with E-state index in [-0.39, 0.29) is 0 Å². The molecule has 2 heterocycles. The van der Waals surface area contributed by atoms with Crippen LogP contribution in [0.2, 0.25) is 10.2 Å². The van der Waals surface area contributed by atoms with Gasteiger partial charge in [-0.3, -0.25) is 0 Å². The average Bonchev–Trinajstić information content (AvgIpc) is 2.75. The first-order valence-corrected chi connectivity index (χ1v) is 10.4. The quantitative estimate of drug-likeness (QED) is 0.574. The summed E-state index contributed by atoms with van der Waals surface area (Å²) in [7, 11) is 1.67. The van der Waals surface area contributed by atoms with E-state index in [1.54, 1.807) is 7.11 Å². The molecule has 152 valence electrons. The largest absolute Gasteiger partial charge is 0.497 e. The van der Waals surface area contributed by atoms with E-state index in [1.807, 2.05) is 42.5 Å². The summed E-state index contributed by atoms with van der Waals surface area (Å²) < 4.78 is 11.0. The molecular weight excluding hydrogens is 409 g/mol. The van der Waals surface area contributed by atoms with Crippen LogP contribution in [0.25, 0.3) is 10.9 Å². The minimum Gasteiger partial charge on any atom is -0.497 e. The van der Waals surface area contributed by atoms with Crippen molar-refractivity contribution in [1.29, 1.82) is 0 Å². The van der Waals surface area contributed by atoms with Crippen LogP contribution >= 0.6 is 23.2 Å². The molecule has 1 aliphatic heterocycles. The molecule has 0 atom stereocenters. The first-order valence-electron chi connectivity index (χ1n) is 9.60. The number of hydrogen-bond acceptors (Lipinski definition) is 5. The molecule has 0 spiro atoms. The molecule has 29 heavy (non-hydrogen) atoms. The fourth-order valence-electron chi connectivity index (χ4n) is 3.63. The van der Waals surface area contributed by atoms with Gasteiger partial charge in [0.1, 0.15) is 10.9 Å². The van der Waals surface area contributed by atoms with Gasteiger partial charge < -0.3 is 19.7 Å². The zero-order chi connectivity index (χ0) is 20.2. The van der Waals surface area contributed by atoms with E-state index in [2.05, 4.69) is 15.2 Å². The summed E-state index contributed by atoms with van der Waals surface area (Å²) >= 11 is 12.9. The fourth-order valence-corrected chi connectivity index (χ4v) is 4.08. The first-order chi connectivity index (χ1) is 14.2. The molecule has 0 unspecified atom stereocenters. The SMILES string of the molecule is COc1ccc2nc(Cl)c(CNCc3ccccc3Cl)c(N3CCOCC3)c2c1. The number of benzene rings is 2. The number of anilines is 1. The van der Waals surface area contributed by atoms with Gasteiger partial charge in [-0.15, -0.1) is 0 Å². The van der Waals surface area contributed by atoms with E-state index in [0.29, 0.717) is 31.5 Å². The molecular formula is C22H23Cl2N3O2. The normalized spacial score (nSPS) is 14.4. The Bertz CT molecular complexity index is 1010. The minimum absolute atomic E-state index is 0.510. The molecule has 4 rings (SSSR count). The molecule has 3 aromatic rings. The number of aromatic nitrogens is 1. The third kappa shape index (κ3) is 4.43. The highest BCUT2D eigenvalue weighted by atomic mass is 35.5. The monoisotopic (exact) mass is 431 g/mol. The second-order valence-corrected chi connectivity index (χ2v) is 7.67. The van der Waals surface area contributed by atoms with Crippen LogP contribution < -0.4 is 15.0 Å². The molecule has 5 nitrogen and oxygen atoms in total. The van der Waals surface area contributed by atoms with Crippen molar-refractivity contribution >= 4 is 39.8 Å². The van der Waals surface area contributed by atoms with E-state index in [0.717, 1.165) is 51.6 Å². The standard InChI is InChI=1S/C22H23Cl2N3O2/c1-28-16-6-7-20-17(12-16)21(27-8-10-29-11-9-27)18(22(24)26-20)14-25-13-15-4-2-3-5-19(15)23/h2-7,12,25H,8-11,13-14H2,1H3. The van der Waals surface area contributed by atoms with Crippen molar-refractivity contribution in [2.45, 2.75) is 13.1 Å². The highest BCUT2D eigenvalue weighted by Gasteiger charge is 2.21. The Labute approximate surface area is 180 Å². The molecule has 0 amide bonds. The summed E-state index contributed by atoms with van der Waals surface area (Å²) in [5.74, 6) is 0.797. The maximum atomic E-state index is 6.65. The van der Waals surface area contributed by atoms with E-state index in [9.17, 15) is 0 Å². The lowest BCUT2D eigenvalue weighted by Crippen LogP contribution is -2.37. The van der Waals surface area contributed by atoms with Gasteiger partial charge in [-0.05, 0) is 29.8 Å². The van der Waals surface area contributed by atoms with Gasteiger partial charge in [0, 0.05) is 42.2 Å². The highest BCUT2D eigenvalue weighted by Crippen LogP contribution is 2.36. The summed E-state index contributed by atoms with van der Waals surface area (Å²) in [5.41, 5.74) is 3.97. The number of halogens is 2. The Hall–Kier alpha value is -2.05. The Balaban J connectivity index is 1.70. The molecule has 1 aromatic heterocycles. The molecule has 2 aromatic carbocycles. The van der Waals surface area contributed by atoms with E-state index >= 15 is 0 Å². The molecule has 1 N–H and O–H groups in total. The van der Waals surface area contributed by atoms with Gasteiger partial charge in [-0.25, -0.2) is 4.98 Å². The second kappa shape index (κ2) is 9.18. The smallest absolute Gasteiger partial charge is 0.136 e. The van der Waals surface area contributed by atoms with Crippen molar-refractivity contribution in [1.82, 2.24) is 10.3 Å². The van der Waals surface area contributed by atoms with Crippen molar-refractivity contribution in [3.05, 3.63) is 63.8 Å². The number of hydrogen-bond donors (Lipinski definition) is 1. The van der Waals surface area contributed by atoms with E-state index in [4.69, 9.17) is 32.7 Å². The molecule has 0 saturated carbocycles. The first kappa shape index (κ1) is 20.2. The number of morpholine rings is 1. The summed E-state index contributed by atoms with van der Waals surface area (Å²) in [6.45, 7) is 4.23. The predicted octanol–water partition coefficient (Wildman–Crippen LogP) is 4.68. The second-order valence-electron chi connectivity index (χ2n) is 6.91. The van der Waals surface area contributed by atoms with Gasteiger partial charge >= 0.3 is 0 Å². The van der Waals surface area contributed by atoms with Crippen molar-refractivity contribution in [3.8, 4) is 5.75 Å². The molecule has 1 saturated heterocycles. The van der Waals surface area contributed by atoms with Crippen LogP contribution in [-0.4, -0.2) is 38.4 Å². The van der Waals surface area contributed by atoms with Gasteiger partial charge in [0.2, 0.25) is 0 Å². The third-order valence-electron chi connectivity index (χ3n) is 5.11. The number of nitrogens with zero attached hydrogens (tertiary/aromatic N) is 2. The Morgan fingerprint density at radius 3 is 2.66 bits per heavy atom. The van der Waals surface area contributed by atoms with E-state index < -0.39 is 0 Å². The Kier molecular flexibility index (Phi) is 6.40. The maximum absolute atomic E-state index is 6.65. The molecule has 0 bridgehead atoms. The van der Waals surface area contributed by atoms with Crippen LogP contribution in [0.3, 0.4) is 0 Å². The topological polar surface area (TPSA) is 46.6 Å². The zero-order valence-electron chi connectivity index (χ0n) is 16.3. The number of pyridine rings is 1. The van der Waals surface area contributed by atoms with Crippen LogP contribution in [-0.2, 0) is 17.8 Å². The van der Waals surface area contributed by atoms with E-state index in [1.165, 1.54) is 0 Å². The number of rotatable bonds is 6. The molecule has 0 aliphatic carbocycles. The summed E-state index contributed by atoms with van der Waals surface area (Å²) in [6.07, 6.45) is 0. The van der Waals surface area contributed by atoms with Crippen molar-refractivity contribution in [2.24, 2.45) is 0 Å². The summed E-state index contributed by atoms with van der Waals surface area (Å²) in [5, 5.41) is 5.77. The van der Waals surface area contributed by atoms with Crippen LogP contribution in [0.1, 0.15) is 11.1 Å². The molecule has 1 fully saturated rings. The zero-order valence-corrected chi connectivity index (χ0v) is 17.8. The van der Waals surface area contributed by atoms with Crippen LogP contribution in [0, 0.1) is 0 Å². The van der Waals surface area contributed by atoms with Crippen LogP contribution in [0.4, 0.5) is 5.69 Å². The average molecular weight is 432 g/mol. The van der Waals surface area contributed by atoms with Crippen molar-refractivity contribution in [2.75, 3.05) is 38.3 Å². The lowest BCUT2D eigenvalue weighted by Gasteiger charge is -2.32. The molecule has 1 aliphatic rings. The predicted molar refractivity (Wildman–Crippen MR) is 118 cm³/mol.